The van der Waals surface area contributed by atoms with E-state index in [4.69, 9.17) is 14.2 Å². The molecule has 2 aromatic carbocycles. The van der Waals surface area contributed by atoms with Gasteiger partial charge in [0.2, 0.25) is 5.75 Å². The van der Waals surface area contributed by atoms with E-state index in [-0.39, 0.29) is 30.4 Å². The number of nitrogens with one attached hydrogen (secondary N) is 1. The van der Waals surface area contributed by atoms with Crippen LogP contribution in [0.5, 0.6) is 11.5 Å². The number of nitrogens with zero attached hydrogens (tertiary/aromatic N) is 1. The molecule has 1 amide bonds. The summed E-state index contributed by atoms with van der Waals surface area (Å²) in [4.78, 5) is 40.6. The van der Waals surface area contributed by atoms with Gasteiger partial charge in [-0.05, 0) is 69.4 Å². The average Bonchev–Trinajstić information content (AvgIpc) is 2.98. The van der Waals surface area contributed by atoms with Crippen molar-refractivity contribution >= 4 is 17.8 Å². The molecule has 244 valence electrons. The van der Waals surface area contributed by atoms with Crippen molar-refractivity contribution < 1.29 is 47.6 Å². The van der Waals surface area contributed by atoms with E-state index in [1.807, 2.05) is 6.92 Å². The number of alkyl halides is 3. The van der Waals surface area contributed by atoms with Gasteiger partial charge in [-0.1, -0.05) is 35.9 Å². The zero-order chi connectivity index (χ0) is 33.7. The summed E-state index contributed by atoms with van der Waals surface area (Å²) in [5, 5.41) is 2.46. The summed E-state index contributed by atoms with van der Waals surface area (Å²) < 4.78 is 66.0. The fourth-order valence-electron chi connectivity index (χ4n) is 4.02. The van der Waals surface area contributed by atoms with Crippen LogP contribution in [0.25, 0.3) is 0 Å². The number of carbonyl (C=O) groups excluding carboxylic acids is 3. The first-order valence-corrected chi connectivity index (χ1v) is 13.9. The standard InChI is InChI=1S/C26H29F3N2O6.C7H7F.H2/c1-6-18(14-19-7-9-20(10-8-19)26(27,28)29)13-15(2)36-25(34)16(3)31-24(33)22-23(37-17(4)32)21(35-5)11-12-30-22;1-6-2-4-7(8)5-3-6;/h6-12,15-16,18H,1,13-14H2,2-5H3,(H,31,33);2-5H,1H3;1H/t15-,16-,18-;;/m0../s1. The van der Waals surface area contributed by atoms with Crippen molar-refractivity contribution in [2.75, 3.05) is 7.11 Å². The molecule has 1 aromatic heterocycles. The highest BCUT2D eigenvalue weighted by Crippen LogP contribution is 2.31. The van der Waals surface area contributed by atoms with Crippen molar-refractivity contribution in [2.45, 2.75) is 58.9 Å². The van der Waals surface area contributed by atoms with E-state index in [0.717, 1.165) is 24.6 Å². The zero-order valence-electron chi connectivity index (χ0n) is 25.6. The lowest BCUT2D eigenvalue weighted by Gasteiger charge is -2.21. The van der Waals surface area contributed by atoms with Crippen molar-refractivity contribution in [3.8, 4) is 11.5 Å². The molecule has 0 aliphatic rings. The largest absolute Gasteiger partial charge is 0.493 e. The summed E-state index contributed by atoms with van der Waals surface area (Å²) in [7, 11) is 1.33. The van der Waals surface area contributed by atoms with Gasteiger partial charge in [-0.15, -0.1) is 6.58 Å². The van der Waals surface area contributed by atoms with E-state index in [0.29, 0.717) is 18.4 Å². The number of aryl methyl sites for hydroxylation is 1. The van der Waals surface area contributed by atoms with E-state index in [2.05, 4.69) is 16.9 Å². The van der Waals surface area contributed by atoms with Gasteiger partial charge in [0.15, 0.2) is 11.4 Å². The molecule has 3 aromatic rings. The number of aromatic nitrogens is 1. The number of methoxy groups -OCH3 is 1. The number of hydrogen-bond acceptors (Lipinski definition) is 7. The molecule has 45 heavy (non-hydrogen) atoms. The second kappa shape index (κ2) is 16.9. The van der Waals surface area contributed by atoms with E-state index in [9.17, 15) is 31.9 Å². The average molecular weight is 635 g/mol. The number of allylic oxidation sites excluding steroid dienone is 1. The molecular formula is C33H38F4N2O6. The molecule has 0 unspecified atom stereocenters. The molecule has 12 heteroatoms. The van der Waals surface area contributed by atoms with E-state index in [1.165, 1.54) is 50.6 Å². The maximum Gasteiger partial charge on any atom is 0.416 e. The number of amides is 1. The van der Waals surface area contributed by atoms with Crippen LogP contribution in [0, 0.1) is 18.7 Å². The van der Waals surface area contributed by atoms with Gasteiger partial charge in [0.1, 0.15) is 11.9 Å². The van der Waals surface area contributed by atoms with Crippen LogP contribution in [0.4, 0.5) is 17.6 Å². The highest BCUT2D eigenvalue weighted by Gasteiger charge is 2.30. The molecular weight excluding hydrogens is 596 g/mol. The van der Waals surface area contributed by atoms with Crippen molar-refractivity contribution in [2.24, 2.45) is 5.92 Å². The predicted molar refractivity (Wildman–Crippen MR) is 161 cm³/mol. The highest BCUT2D eigenvalue weighted by atomic mass is 19.4. The number of esters is 2. The minimum atomic E-state index is -4.41. The summed E-state index contributed by atoms with van der Waals surface area (Å²) in [6, 6.07) is 11.6. The minimum Gasteiger partial charge on any atom is -0.493 e. The summed E-state index contributed by atoms with van der Waals surface area (Å²) in [6.07, 6.45) is -1.26. The smallest absolute Gasteiger partial charge is 0.416 e. The Bertz CT molecular complexity index is 1430. The minimum absolute atomic E-state index is 0. The topological polar surface area (TPSA) is 104 Å². The summed E-state index contributed by atoms with van der Waals surface area (Å²) in [5.41, 5.74) is 0.803. The molecule has 3 atom stereocenters. The molecule has 0 radical (unpaired) electrons. The first-order valence-electron chi connectivity index (χ1n) is 13.9. The summed E-state index contributed by atoms with van der Waals surface area (Å²) in [5.74, 6) is -2.58. The first kappa shape index (κ1) is 36.5. The fraction of sp³-hybridized carbons (Fsp3) is 0.333. The molecule has 0 bridgehead atoms. The summed E-state index contributed by atoms with van der Waals surface area (Å²) in [6.45, 7) is 9.94. The number of benzene rings is 2. The van der Waals surface area contributed by atoms with Gasteiger partial charge in [0.25, 0.3) is 5.91 Å². The van der Waals surface area contributed by atoms with Crippen molar-refractivity contribution in [3.05, 3.63) is 102 Å². The van der Waals surface area contributed by atoms with Gasteiger partial charge in [-0.25, -0.2) is 14.2 Å². The van der Waals surface area contributed by atoms with Crippen LogP contribution in [-0.4, -0.2) is 42.1 Å². The van der Waals surface area contributed by atoms with Crippen LogP contribution in [0.3, 0.4) is 0 Å². The number of ether oxygens (including phenoxy) is 3. The number of carbonyl (C=O) groups is 3. The van der Waals surface area contributed by atoms with Crippen LogP contribution in [0.1, 0.15) is 55.8 Å². The van der Waals surface area contributed by atoms with Crippen LogP contribution in [0.2, 0.25) is 0 Å². The molecule has 0 saturated carbocycles. The Labute approximate surface area is 260 Å². The Morgan fingerprint density at radius 1 is 1.04 bits per heavy atom. The lowest BCUT2D eigenvalue weighted by atomic mass is 9.93. The number of rotatable bonds is 11. The number of halogens is 4. The van der Waals surface area contributed by atoms with Crippen LogP contribution in [0.15, 0.2) is 73.4 Å². The molecule has 0 aliphatic heterocycles. The first-order chi connectivity index (χ1) is 21.1. The molecule has 0 saturated heterocycles. The van der Waals surface area contributed by atoms with Crippen molar-refractivity contribution in [3.63, 3.8) is 0 Å². The number of pyridine rings is 1. The van der Waals surface area contributed by atoms with E-state index < -0.39 is 41.7 Å². The quantitative estimate of drug-likeness (QED) is 0.139. The molecule has 0 aliphatic carbocycles. The molecule has 1 N–H and O–H groups in total. The zero-order valence-corrected chi connectivity index (χ0v) is 25.6. The third-order valence-corrected chi connectivity index (χ3v) is 6.33. The van der Waals surface area contributed by atoms with Gasteiger partial charge in [-0.2, -0.15) is 13.2 Å². The van der Waals surface area contributed by atoms with Crippen molar-refractivity contribution in [1.82, 2.24) is 10.3 Å². The van der Waals surface area contributed by atoms with Crippen LogP contribution < -0.4 is 14.8 Å². The monoisotopic (exact) mass is 634 g/mol. The van der Waals surface area contributed by atoms with Gasteiger partial charge in [-0.3, -0.25) is 9.59 Å². The van der Waals surface area contributed by atoms with Crippen LogP contribution in [-0.2, 0) is 26.9 Å². The highest BCUT2D eigenvalue weighted by molar-refractivity contribution is 5.98. The molecule has 8 nitrogen and oxygen atoms in total. The molecule has 3 rings (SSSR count). The molecule has 0 fully saturated rings. The SMILES string of the molecule is C=C[C@H](Cc1ccc(C(F)(F)F)cc1)C[C@H](C)OC(=O)[C@H](C)NC(=O)c1nccc(OC)c1OC(C)=O.Cc1ccc(F)cc1.[HH]. The fourth-order valence-corrected chi connectivity index (χ4v) is 4.02. The Hall–Kier alpha value is -4.74. The maximum absolute atomic E-state index is 12.8. The number of hydrogen-bond donors (Lipinski definition) is 1. The third-order valence-electron chi connectivity index (χ3n) is 6.33. The predicted octanol–water partition coefficient (Wildman–Crippen LogP) is 6.90. The second-order valence-electron chi connectivity index (χ2n) is 10.2. The normalized spacial score (nSPS) is 12.8. The maximum atomic E-state index is 12.8. The second-order valence-corrected chi connectivity index (χ2v) is 10.2. The molecule has 1 heterocycles. The van der Waals surface area contributed by atoms with E-state index in [1.54, 1.807) is 25.1 Å². The Morgan fingerprint density at radius 3 is 2.18 bits per heavy atom. The lowest BCUT2D eigenvalue weighted by Crippen LogP contribution is -2.41. The molecule has 0 spiro atoms. The van der Waals surface area contributed by atoms with Gasteiger partial charge in [0, 0.05) is 20.6 Å². The Morgan fingerprint density at radius 2 is 1.67 bits per heavy atom. The van der Waals surface area contributed by atoms with Gasteiger partial charge in [0.05, 0.1) is 18.8 Å². The Balaban J connectivity index is 0.00000102. The third kappa shape index (κ3) is 12.0. The van der Waals surface area contributed by atoms with Gasteiger partial charge >= 0.3 is 18.1 Å². The van der Waals surface area contributed by atoms with Gasteiger partial charge < -0.3 is 19.5 Å². The summed E-state index contributed by atoms with van der Waals surface area (Å²) >= 11 is 0. The van der Waals surface area contributed by atoms with Crippen LogP contribution >= 0.6 is 0 Å². The van der Waals surface area contributed by atoms with E-state index >= 15 is 0 Å². The lowest BCUT2D eigenvalue weighted by molar-refractivity contribution is -0.150. The Kier molecular flexibility index (Phi) is 13.7. The van der Waals surface area contributed by atoms with Crippen molar-refractivity contribution in [1.29, 1.82) is 0 Å².